The molecule has 0 radical (unpaired) electrons. The monoisotopic (exact) mass is 267 g/mol. The van der Waals surface area contributed by atoms with Crippen LogP contribution in [0.1, 0.15) is 19.4 Å². The van der Waals surface area contributed by atoms with Crippen LogP contribution in [0.15, 0.2) is 22.7 Å². The summed E-state index contributed by atoms with van der Waals surface area (Å²) in [7, 11) is 1.84. The van der Waals surface area contributed by atoms with Crippen molar-refractivity contribution in [3.63, 3.8) is 0 Å². The molecular formula is C12H14BrNO. The number of hydrogen-bond donors (Lipinski definition) is 0. The average Bonchev–Trinajstić information content (AvgIpc) is 2.13. The summed E-state index contributed by atoms with van der Waals surface area (Å²) in [5.41, 5.74) is 1.97. The van der Waals surface area contributed by atoms with Crippen LogP contribution in [0.25, 0.3) is 0 Å². The molecule has 1 aromatic carbocycles. The van der Waals surface area contributed by atoms with Gasteiger partial charge in [0.25, 0.3) is 0 Å². The van der Waals surface area contributed by atoms with Crippen LogP contribution in [-0.4, -0.2) is 13.0 Å². The maximum atomic E-state index is 12.0. The number of rotatable bonds is 0. The molecule has 80 valence electrons. The Morgan fingerprint density at radius 2 is 2.07 bits per heavy atom. The van der Waals surface area contributed by atoms with Gasteiger partial charge in [0.2, 0.25) is 5.91 Å². The molecule has 0 aromatic heterocycles. The Balaban J connectivity index is 2.55. The van der Waals surface area contributed by atoms with Crippen LogP contribution in [0.3, 0.4) is 0 Å². The third-order valence-corrected chi connectivity index (χ3v) is 3.41. The lowest BCUT2D eigenvalue weighted by molar-refractivity contribution is -0.126. The highest BCUT2D eigenvalue weighted by Gasteiger charge is 2.36. The van der Waals surface area contributed by atoms with Crippen molar-refractivity contribution >= 4 is 27.5 Å². The van der Waals surface area contributed by atoms with Gasteiger partial charge in [0.15, 0.2) is 0 Å². The Hall–Kier alpha value is -0.830. The van der Waals surface area contributed by atoms with E-state index in [4.69, 9.17) is 0 Å². The molecule has 0 bridgehead atoms. The number of nitrogens with zero attached hydrogens (tertiary/aromatic N) is 1. The first-order valence-corrected chi connectivity index (χ1v) is 5.78. The lowest BCUT2D eigenvalue weighted by Crippen LogP contribution is -2.44. The van der Waals surface area contributed by atoms with Crippen molar-refractivity contribution < 1.29 is 4.79 Å². The van der Waals surface area contributed by atoms with E-state index in [0.29, 0.717) is 0 Å². The van der Waals surface area contributed by atoms with E-state index in [9.17, 15) is 4.79 Å². The van der Waals surface area contributed by atoms with Crippen LogP contribution >= 0.6 is 15.9 Å². The van der Waals surface area contributed by atoms with E-state index >= 15 is 0 Å². The summed E-state index contributed by atoms with van der Waals surface area (Å²) in [5, 5.41) is 0. The highest BCUT2D eigenvalue weighted by Crippen LogP contribution is 2.37. The van der Waals surface area contributed by atoms with Gasteiger partial charge in [0.1, 0.15) is 0 Å². The molecule has 1 aliphatic heterocycles. The first-order valence-electron chi connectivity index (χ1n) is 4.98. The zero-order valence-corrected chi connectivity index (χ0v) is 10.8. The molecule has 1 aromatic rings. The Morgan fingerprint density at radius 1 is 1.40 bits per heavy atom. The van der Waals surface area contributed by atoms with Gasteiger partial charge in [-0.3, -0.25) is 4.79 Å². The Bertz CT molecular complexity index is 426. The van der Waals surface area contributed by atoms with Gasteiger partial charge in [-0.25, -0.2) is 0 Å². The quantitative estimate of drug-likeness (QED) is 0.708. The lowest BCUT2D eigenvalue weighted by atomic mass is 9.80. The zero-order chi connectivity index (χ0) is 11.2. The number of amides is 1. The van der Waals surface area contributed by atoms with Crippen LogP contribution in [-0.2, 0) is 11.2 Å². The van der Waals surface area contributed by atoms with Gasteiger partial charge in [0, 0.05) is 22.6 Å². The largest absolute Gasteiger partial charge is 0.315 e. The fraction of sp³-hybridized carbons (Fsp3) is 0.417. The van der Waals surface area contributed by atoms with Crippen molar-refractivity contribution in [1.82, 2.24) is 0 Å². The van der Waals surface area contributed by atoms with E-state index in [1.165, 1.54) is 5.56 Å². The molecule has 2 rings (SSSR count). The predicted molar refractivity (Wildman–Crippen MR) is 65.0 cm³/mol. The standard InChI is InChI=1S/C12H14BrNO/c1-12(2)7-8-6-9(13)4-5-10(8)14(3)11(12)15/h4-6H,7H2,1-3H3. The summed E-state index contributed by atoms with van der Waals surface area (Å²) in [6.45, 7) is 3.99. The number of anilines is 1. The fourth-order valence-electron chi connectivity index (χ4n) is 2.14. The molecule has 0 aliphatic carbocycles. The van der Waals surface area contributed by atoms with Crippen LogP contribution < -0.4 is 4.90 Å². The molecule has 3 heteroatoms. The second-order valence-electron chi connectivity index (χ2n) is 4.70. The molecule has 0 atom stereocenters. The fourth-order valence-corrected chi connectivity index (χ4v) is 2.55. The molecule has 0 saturated carbocycles. The van der Waals surface area contributed by atoms with E-state index in [1.807, 2.05) is 33.0 Å². The number of carbonyl (C=O) groups is 1. The minimum Gasteiger partial charge on any atom is -0.315 e. The molecule has 1 amide bonds. The van der Waals surface area contributed by atoms with Crippen molar-refractivity contribution in [2.45, 2.75) is 20.3 Å². The first-order chi connectivity index (χ1) is 6.92. The van der Waals surface area contributed by atoms with Crippen LogP contribution in [0, 0.1) is 5.41 Å². The molecule has 2 nitrogen and oxygen atoms in total. The summed E-state index contributed by atoms with van der Waals surface area (Å²) in [4.78, 5) is 13.8. The highest BCUT2D eigenvalue weighted by atomic mass is 79.9. The van der Waals surface area contributed by atoms with Gasteiger partial charge in [0.05, 0.1) is 0 Å². The molecule has 1 heterocycles. The molecular weight excluding hydrogens is 254 g/mol. The molecule has 0 saturated heterocycles. The first kappa shape index (κ1) is 10.7. The van der Waals surface area contributed by atoms with Gasteiger partial charge in [-0.15, -0.1) is 0 Å². The van der Waals surface area contributed by atoms with E-state index in [-0.39, 0.29) is 11.3 Å². The van der Waals surface area contributed by atoms with Crippen molar-refractivity contribution in [3.05, 3.63) is 28.2 Å². The van der Waals surface area contributed by atoms with Crippen molar-refractivity contribution in [2.24, 2.45) is 5.41 Å². The molecule has 0 unspecified atom stereocenters. The molecule has 1 aliphatic rings. The average molecular weight is 268 g/mol. The SMILES string of the molecule is CN1C(=O)C(C)(C)Cc2cc(Br)ccc21. The number of halogens is 1. The van der Waals surface area contributed by atoms with E-state index in [2.05, 4.69) is 22.0 Å². The van der Waals surface area contributed by atoms with E-state index in [1.54, 1.807) is 4.90 Å². The van der Waals surface area contributed by atoms with Crippen LogP contribution in [0.5, 0.6) is 0 Å². The van der Waals surface area contributed by atoms with Gasteiger partial charge in [-0.2, -0.15) is 0 Å². The summed E-state index contributed by atoms with van der Waals surface area (Å²) in [5.74, 6) is 0.192. The Kier molecular flexibility index (Phi) is 2.38. The van der Waals surface area contributed by atoms with Gasteiger partial charge in [-0.1, -0.05) is 29.8 Å². The summed E-state index contributed by atoms with van der Waals surface area (Å²) < 4.78 is 1.07. The second kappa shape index (κ2) is 3.34. The van der Waals surface area contributed by atoms with Gasteiger partial charge >= 0.3 is 0 Å². The van der Waals surface area contributed by atoms with Crippen LogP contribution in [0.2, 0.25) is 0 Å². The molecule has 0 fully saturated rings. The van der Waals surface area contributed by atoms with Crippen molar-refractivity contribution in [3.8, 4) is 0 Å². The molecule has 15 heavy (non-hydrogen) atoms. The third-order valence-electron chi connectivity index (χ3n) is 2.92. The number of benzene rings is 1. The van der Waals surface area contributed by atoms with Crippen molar-refractivity contribution in [1.29, 1.82) is 0 Å². The summed E-state index contributed by atoms with van der Waals surface area (Å²) >= 11 is 3.46. The topological polar surface area (TPSA) is 20.3 Å². The van der Waals surface area contributed by atoms with Crippen molar-refractivity contribution in [2.75, 3.05) is 11.9 Å². The maximum absolute atomic E-state index is 12.0. The number of carbonyl (C=O) groups excluding carboxylic acids is 1. The zero-order valence-electron chi connectivity index (χ0n) is 9.17. The minimum atomic E-state index is -0.289. The summed E-state index contributed by atoms with van der Waals surface area (Å²) in [6.07, 6.45) is 0.810. The smallest absolute Gasteiger partial charge is 0.232 e. The predicted octanol–water partition coefficient (Wildman–Crippen LogP) is 2.99. The van der Waals surface area contributed by atoms with Gasteiger partial charge in [-0.05, 0) is 30.2 Å². The Labute approximate surface area is 98.4 Å². The second-order valence-corrected chi connectivity index (χ2v) is 5.61. The molecule has 0 N–H and O–H groups in total. The number of fused-ring (bicyclic) bond motifs is 1. The number of hydrogen-bond acceptors (Lipinski definition) is 1. The van der Waals surface area contributed by atoms with Crippen LogP contribution in [0.4, 0.5) is 5.69 Å². The minimum absolute atomic E-state index is 0.192. The van der Waals surface area contributed by atoms with E-state index < -0.39 is 0 Å². The third kappa shape index (κ3) is 1.69. The highest BCUT2D eigenvalue weighted by molar-refractivity contribution is 9.10. The van der Waals surface area contributed by atoms with Gasteiger partial charge < -0.3 is 4.90 Å². The molecule has 0 spiro atoms. The Morgan fingerprint density at radius 3 is 2.73 bits per heavy atom. The summed E-state index contributed by atoms with van der Waals surface area (Å²) in [6, 6.07) is 6.06. The maximum Gasteiger partial charge on any atom is 0.232 e. The lowest BCUT2D eigenvalue weighted by Gasteiger charge is -2.36. The van der Waals surface area contributed by atoms with E-state index in [0.717, 1.165) is 16.6 Å². The normalized spacial score (nSPS) is 18.9.